The fourth-order valence-electron chi connectivity index (χ4n) is 2.35. The maximum atomic E-state index is 12.2. The van der Waals surface area contributed by atoms with Crippen LogP contribution in [0.3, 0.4) is 0 Å². The molecule has 0 amide bonds. The van der Waals surface area contributed by atoms with Gasteiger partial charge in [0.25, 0.3) is 0 Å². The lowest BCUT2D eigenvalue weighted by Crippen LogP contribution is -2.38. The van der Waals surface area contributed by atoms with Crippen LogP contribution in [0, 0.1) is 0 Å². The quantitative estimate of drug-likeness (QED) is 0.738. The molecule has 8 heteroatoms. The minimum absolute atomic E-state index is 0.0295. The van der Waals surface area contributed by atoms with E-state index in [-0.39, 0.29) is 30.7 Å². The van der Waals surface area contributed by atoms with Crippen LogP contribution in [0.25, 0.3) is 0 Å². The predicted octanol–water partition coefficient (Wildman–Crippen LogP) is 2.52. The number of nitrogens with zero attached hydrogens (tertiary/aromatic N) is 1. The number of ether oxygens (including phenoxy) is 4. The van der Waals surface area contributed by atoms with Gasteiger partial charge in [-0.2, -0.15) is 0 Å². The third-order valence-corrected chi connectivity index (χ3v) is 3.72. The highest BCUT2D eigenvalue weighted by Crippen LogP contribution is 2.33. The summed E-state index contributed by atoms with van der Waals surface area (Å²) >= 11 is 6.26. The van der Waals surface area contributed by atoms with Gasteiger partial charge in [0.2, 0.25) is 0 Å². The molecule has 0 fully saturated rings. The number of rotatable bonds is 5. The van der Waals surface area contributed by atoms with Crippen LogP contribution in [-0.4, -0.2) is 45.6 Å². The van der Waals surface area contributed by atoms with Crippen molar-refractivity contribution in [2.75, 3.05) is 32.5 Å². The Bertz CT molecular complexity index is 700. The topological polar surface area (TPSA) is 74.3 Å². The lowest BCUT2D eigenvalue weighted by atomic mass is 10.1. The summed E-state index contributed by atoms with van der Waals surface area (Å²) in [7, 11) is 2.47. The van der Waals surface area contributed by atoms with Crippen molar-refractivity contribution in [3.05, 3.63) is 34.5 Å². The van der Waals surface area contributed by atoms with E-state index < -0.39 is 11.9 Å². The van der Waals surface area contributed by atoms with Gasteiger partial charge < -0.3 is 23.8 Å². The van der Waals surface area contributed by atoms with Crippen LogP contribution in [-0.2, 0) is 23.8 Å². The third kappa shape index (κ3) is 4.24. The Morgan fingerprint density at radius 3 is 2.44 bits per heavy atom. The van der Waals surface area contributed by atoms with Crippen LogP contribution in [0.15, 0.2) is 29.5 Å². The highest BCUT2D eigenvalue weighted by atomic mass is 35.5. The first-order valence-corrected chi connectivity index (χ1v) is 7.98. The summed E-state index contributed by atoms with van der Waals surface area (Å²) in [5.41, 5.74) is 0.705. The molecular weight excluding hydrogens is 350 g/mol. The lowest BCUT2D eigenvalue weighted by molar-refractivity contribution is -0.140. The first kappa shape index (κ1) is 19.1. The Labute approximate surface area is 151 Å². The molecule has 25 heavy (non-hydrogen) atoms. The van der Waals surface area contributed by atoms with Gasteiger partial charge in [-0.1, -0.05) is 11.6 Å². The van der Waals surface area contributed by atoms with Gasteiger partial charge in [0.05, 0.1) is 37.5 Å². The average Bonchev–Trinajstić information content (AvgIpc) is 2.61. The molecule has 0 saturated heterocycles. The maximum absolute atomic E-state index is 12.2. The lowest BCUT2D eigenvalue weighted by Gasteiger charge is -2.31. The first-order chi connectivity index (χ1) is 11.9. The van der Waals surface area contributed by atoms with Crippen LogP contribution in [0.4, 0.5) is 5.69 Å². The minimum atomic E-state index is -0.665. The molecule has 0 unspecified atom stereocenters. The van der Waals surface area contributed by atoms with Gasteiger partial charge in [-0.3, -0.25) is 0 Å². The van der Waals surface area contributed by atoms with E-state index in [2.05, 4.69) is 0 Å². The van der Waals surface area contributed by atoms with Crippen molar-refractivity contribution < 1.29 is 28.5 Å². The molecule has 2 rings (SSSR count). The van der Waals surface area contributed by atoms with E-state index in [1.165, 1.54) is 19.1 Å². The molecule has 0 aliphatic carbocycles. The zero-order chi connectivity index (χ0) is 18.6. The average molecular weight is 370 g/mol. The van der Waals surface area contributed by atoms with Crippen LogP contribution < -0.4 is 9.64 Å². The smallest absolute Gasteiger partial charge is 0.355 e. The molecular formula is C17H20ClNO6. The third-order valence-electron chi connectivity index (χ3n) is 3.42. The molecule has 0 spiro atoms. The number of hydrogen-bond acceptors (Lipinski definition) is 7. The van der Waals surface area contributed by atoms with Gasteiger partial charge in [0.1, 0.15) is 18.2 Å². The summed E-state index contributed by atoms with van der Waals surface area (Å²) in [6.07, 6.45) is -0.0295. The van der Waals surface area contributed by atoms with Crippen molar-refractivity contribution in [1.82, 2.24) is 0 Å². The molecule has 1 aliphatic heterocycles. The number of esters is 2. The fraction of sp³-hybridized carbons (Fsp3) is 0.412. The fourth-order valence-corrected chi connectivity index (χ4v) is 2.57. The second-order valence-electron chi connectivity index (χ2n) is 5.50. The standard InChI is InChI=1S/C17H20ClNO6/c1-10(2)25-14-6-5-11(7-13(14)18)19-9-24-8-12(16(20)22-3)15(19)17(21)23-4/h5-7,10H,8-9H2,1-4H3. The van der Waals surface area contributed by atoms with E-state index in [4.69, 9.17) is 30.5 Å². The number of methoxy groups -OCH3 is 2. The molecule has 0 atom stereocenters. The molecule has 0 radical (unpaired) electrons. The van der Waals surface area contributed by atoms with Crippen LogP contribution in [0.5, 0.6) is 5.75 Å². The Morgan fingerprint density at radius 1 is 1.20 bits per heavy atom. The molecule has 0 N–H and O–H groups in total. The number of benzene rings is 1. The molecule has 0 bridgehead atoms. The second kappa shape index (κ2) is 8.22. The molecule has 136 valence electrons. The Hall–Kier alpha value is -2.25. The predicted molar refractivity (Wildman–Crippen MR) is 91.6 cm³/mol. The molecule has 7 nitrogen and oxygen atoms in total. The summed E-state index contributed by atoms with van der Waals surface area (Å²) in [5, 5.41) is 0.376. The molecule has 1 heterocycles. The van der Waals surface area contributed by atoms with E-state index >= 15 is 0 Å². The Kier molecular flexibility index (Phi) is 6.27. The highest BCUT2D eigenvalue weighted by Gasteiger charge is 2.32. The monoisotopic (exact) mass is 369 g/mol. The van der Waals surface area contributed by atoms with E-state index in [9.17, 15) is 9.59 Å². The summed E-state index contributed by atoms with van der Waals surface area (Å²) in [4.78, 5) is 25.7. The maximum Gasteiger partial charge on any atom is 0.355 e. The molecule has 1 aliphatic rings. The highest BCUT2D eigenvalue weighted by molar-refractivity contribution is 6.32. The number of anilines is 1. The summed E-state index contributed by atoms with van der Waals surface area (Å²) in [6.45, 7) is 3.80. The zero-order valence-electron chi connectivity index (χ0n) is 14.5. The zero-order valence-corrected chi connectivity index (χ0v) is 15.3. The summed E-state index contributed by atoms with van der Waals surface area (Å²) < 4.78 is 20.6. The van der Waals surface area contributed by atoms with Gasteiger partial charge >= 0.3 is 11.9 Å². The van der Waals surface area contributed by atoms with Gasteiger partial charge in [0, 0.05) is 5.69 Å². The van der Waals surface area contributed by atoms with Gasteiger partial charge in [-0.05, 0) is 32.0 Å². The van der Waals surface area contributed by atoms with E-state index in [1.807, 2.05) is 13.8 Å². The number of halogens is 1. The van der Waals surface area contributed by atoms with E-state index in [1.54, 1.807) is 18.2 Å². The van der Waals surface area contributed by atoms with Crippen molar-refractivity contribution in [3.8, 4) is 5.75 Å². The Balaban J connectivity index is 2.47. The van der Waals surface area contributed by atoms with Gasteiger partial charge in [-0.15, -0.1) is 0 Å². The molecule has 0 saturated carbocycles. The molecule has 1 aromatic rings. The van der Waals surface area contributed by atoms with Crippen LogP contribution in [0.1, 0.15) is 13.8 Å². The number of hydrogen-bond donors (Lipinski definition) is 0. The van der Waals surface area contributed by atoms with Crippen molar-refractivity contribution in [2.45, 2.75) is 20.0 Å². The minimum Gasteiger partial charge on any atom is -0.489 e. The van der Waals surface area contributed by atoms with E-state index in [0.29, 0.717) is 16.5 Å². The Morgan fingerprint density at radius 2 is 1.88 bits per heavy atom. The first-order valence-electron chi connectivity index (χ1n) is 7.60. The van der Waals surface area contributed by atoms with Crippen LogP contribution in [0.2, 0.25) is 5.02 Å². The summed E-state index contributed by atoms with van der Waals surface area (Å²) in [5.74, 6) is -0.798. The largest absolute Gasteiger partial charge is 0.489 e. The van der Waals surface area contributed by atoms with Crippen molar-refractivity contribution in [3.63, 3.8) is 0 Å². The van der Waals surface area contributed by atoms with Crippen molar-refractivity contribution in [1.29, 1.82) is 0 Å². The van der Waals surface area contributed by atoms with Crippen molar-refractivity contribution >= 4 is 29.2 Å². The SMILES string of the molecule is COC(=O)C1=C(C(=O)OC)N(c2ccc(OC(C)C)c(Cl)c2)COC1. The van der Waals surface area contributed by atoms with E-state index in [0.717, 1.165) is 0 Å². The summed E-state index contributed by atoms with van der Waals surface area (Å²) in [6, 6.07) is 5.04. The number of carbonyl (C=O) groups excluding carboxylic acids is 2. The van der Waals surface area contributed by atoms with Crippen molar-refractivity contribution in [2.24, 2.45) is 0 Å². The van der Waals surface area contributed by atoms with Gasteiger partial charge in [0.15, 0.2) is 0 Å². The van der Waals surface area contributed by atoms with Gasteiger partial charge in [-0.25, -0.2) is 9.59 Å². The molecule has 1 aromatic carbocycles. The normalized spacial score (nSPS) is 14.6. The number of carbonyl (C=O) groups is 2. The van der Waals surface area contributed by atoms with Crippen LogP contribution >= 0.6 is 11.6 Å². The second-order valence-corrected chi connectivity index (χ2v) is 5.90. The molecule has 0 aromatic heterocycles.